The van der Waals surface area contributed by atoms with Gasteiger partial charge in [0, 0.05) is 6.04 Å². The molecule has 1 aromatic carbocycles. The molecule has 0 saturated heterocycles. The predicted molar refractivity (Wildman–Crippen MR) is 75.6 cm³/mol. The van der Waals surface area contributed by atoms with Gasteiger partial charge in [0.15, 0.2) is 0 Å². The van der Waals surface area contributed by atoms with Crippen LogP contribution >= 0.6 is 0 Å². The number of aromatic hydroxyl groups is 1. The molecule has 18 heavy (non-hydrogen) atoms. The van der Waals surface area contributed by atoms with Crippen LogP contribution in [-0.4, -0.2) is 11.7 Å². The van der Waals surface area contributed by atoms with Crippen molar-refractivity contribution >= 4 is 0 Å². The number of hydrogen-bond donors (Lipinski definition) is 2. The Morgan fingerprint density at radius 3 is 2.56 bits per heavy atom. The second kappa shape index (κ2) is 6.24. The zero-order chi connectivity index (χ0) is 13.0. The van der Waals surface area contributed by atoms with E-state index in [1.165, 1.54) is 31.2 Å². The van der Waals surface area contributed by atoms with Gasteiger partial charge in [-0.15, -0.1) is 0 Å². The lowest BCUT2D eigenvalue weighted by atomic mass is 9.80. The van der Waals surface area contributed by atoms with Crippen molar-refractivity contribution in [2.45, 2.75) is 45.6 Å². The van der Waals surface area contributed by atoms with Gasteiger partial charge in [-0.1, -0.05) is 38.3 Å². The first-order chi connectivity index (χ1) is 8.66. The van der Waals surface area contributed by atoms with E-state index in [0.717, 1.165) is 18.4 Å². The summed E-state index contributed by atoms with van der Waals surface area (Å²) in [5.41, 5.74) is 1.25. The summed E-state index contributed by atoms with van der Waals surface area (Å²) in [5.74, 6) is 2.03. The Morgan fingerprint density at radius 2 is 1.89 bits per heavy atom. The highest BCUT2D eigenvalue weighted by molar-refractivity contribution is 5.27. The van der Waals surface area contributed by atoms with Gasteiger partial charge in [0.1, 0.15) is 5.75 Å². The van der Waals surface area contributed by atoms with Crippen molar-refractivity contribution in [3.63, 3.8) is 0 Å². The molecular formula is C16H25NO. The molecule has 100 valence electrons. The maximum atomic E-state index is 9.29. The molecule has 0 amide bonds. The summed E-state index contributed by atoms with van der Waals surface area (Å²) < 4.78 is 0. The van der Waals surface area contributed by atoms with E-state index in [0.29, 0.717) is 11.8 Å². The van der Waals surface area contributed by atoms with Crippen molar-refractivity contribution in [2.24, 2.45) is 11.8 Å². The fourth-order valence-electron chi connectivity index (χ4n) is 2.91. The van der Waals surface area contributed by atoms with Gasteiger partial charge in [0.05, 0.1) is 0 Å². The number of benzene rings is 1. The molecule has 1 fully saturated rings. The Morgan fingerprint density at radius 1 is 1.22 bits per heavy atom. The van der Waals surface area contributed by atoms with Gasteiger partial charge in [-0.2, -0.15) is 0 Å². The van der Waals surface area contributed by atoms with Gasteiger partial charge < -0.3 is 10.4 Å². The fourth-order valence-corrected chi connectivity index (χ4v) is 2.91. The first kappa shape index (κ1) is 13.4. The lowest BCUT2D eigenvalue weighted by molar-refractivity contribution is 0.242. The maximum Gasteiger partial charge on any atom is 0.115 e. The minimum absolute atomic E-state index is 0.340. The maximum absolute atomic E-state index is 9.29. The minimum atomic E-state index is 0.340. The SMILES string of the molecule is CC(NCC1CCCCC1C)c1ccc(O)cc1. The van der Waals surface area contributed by atoms with Gasteiger partial charge in [-0.05, 0) is 49.4 Å². The summed E-state index contributed by atoms with van der Waals surface area (Å²) in [4.78, 5) is 0. The van der Waals surface area contributed by atoms with Gasteiger partial charge in [0.25, 0.3) is 0 Å². The molecule has 0 aromatic heterocycles. The first-order valence-electron chi connectivity index (χ1n) is 7.19. The van der Waals surface area contributed by atoms with E-state index in [9.17, 15) is 5.11 Å². The molecule has 2 nitrogen and oxygen atoms in total. The largest absolute Gasteiger partial charge is 0.508 e. The summed E-state index contributed by atoms with van der Waals surface area (Å²) in [6.07, 6.45) is 5.56. The molecule has 2 heteroatoms. The number of phenolic OH excluding ortho intramolecular Hbond substituents is 1. The molecule has 2 rings (SSSR count). The molecular weight excluding hydrogens is 222 g/mol. The number of hydrogen-bond acceptors (Lipinski definition) is 2. The van der Waals surface area contributed by atoms with Crippen molar-refractivity contribution in [1.29, 1.82) is 0 Å². The van der Waals surface area contributed by atoms with E-state index >= 15 is 0 Å². The lowest BCUT2D eigenvalue weighted by Gasteiger charge is -2.30. The van der Waals surface area contributed by atoms with E-state index in [2.05, 4.69) is 19.2 Å². The third-order valence-electron chi connectivity index (χ3n) is 4.37. The zero-order valence-electron chi connectivity index (χ0n) is 11.5. The van der Waals surface area contributed by atoms with Crippen LogP contribution < -0.4 is 5.32 Å². The Hall–Kier alpha value is -1.02. The van der Waals surface area contributed by atoms with Crippen LogP contribution in [0.3, 0.4) is 0 Å². The third-order valence-corrected chi connectivity index (χ3v) is 4.37. The van der Waals surface area contributed by atoms with Crippen molar-refractivity contribution in [3.05, 3.63) is 29.8 Å². The monoisotopic (exact) mass is 247 g/mol. The smallest absolute Gasteiger partial charge is 0.115 e. The van der Waals surface area contributed by atoms with E-state index < -0.39 is 0 Å². The predicted octanol–water partition coefficient (Wildman–Crippen LogP) is 3.87. The molecule has 1 aromatic rings. The van der Waals surface area contributed by atoms with Gasteiger partial charge in [0.2, 0.25) is 0 Å². The minimum Gasteiger partial charge on any atom is -0.508 e. The number of phenols is 1. The van der Waals surface area contributed by atoms with Crippen molar-refractivity contribution in [3.8, 4) is 5.75 Å². The molecule has 1 saturated carbocycles. The molecule has 3 atom stereocenters. The fraction of sp³-hybridized carbons (Fsp3) is 0.625. The standard InChI is InChI=1S/C16H25NO/c1-12-5-3-4-6-15(12)11-17-13(2)14-7-9-16(18)10-8-14/h7-10,12-13,15,17-18H,3-6,11H2,1-2H3. The molecule has 3 unspecified atom stereocenters. The molecule has 1 aliphatic rings. The third kappa shape index (κ3) is 3.49. The highest BCUT2D eigenvalue weighted by Gasteiger charge is 2.21. The number of rotatable bonds is 4. The van der Waals surface area contributed by atoms with E-state index in [1.807, 2.05) is 12.1 Å². The summed E-state index contributed by atoms with van der Waals surface area (Å²) in [6, 6.07) is 7.88. The van der Waals surface area contributed by atoms with Crippen molar-refractivity contribution < 1.29 is 5.11 Å². The quantitative estimate of drug-likeness (QED) is 0.846. The van der Waals surface area contributed by atoms with Crippen LogP contribution in [0.25, 0.3) is 0 Å². The molecule has 0 bridgehead atoms. The van der Waals surface area contributed by atoms with Crippen LogP contribution in [0.5, 0.6) is 5.75 Å². The first-order valence-corrected chi connectivity index (χ1v) is 7.19. The Bertz CT molecular complexity index is 360. The summed E-state index contributed by atoms with van der Waals surface area (Å²) >= 11 is 0. The van der Waals surface area contributed by atoms with Gasteiger partial charge in [-0.3, -0.25) is 0 Å². The van der Waals surface area contributed by atoms with E-state index in [1.54, 1.807) is 12.1 Å². The molecule has 1 aliphatic carbocycles. The van der Waals surface area contributed by atoms with Crippen LogP contribution in [0.1, 0.15) is 51.1 Å². The molecule has 0 aliphatic heterocycles. The highest BCUT2D eigenvalue weighted by Crippen LogP contribution is 2.29. The second-order valence-corrected chi connectivity index (χ2v) is 5.74. The highest BCUT2D eigenvalue weighted by atomic mass is 16.3. The van der Waals surface area contributed by atoms with Gasteiger partial charge >= 0.3 is 0 Å². The Kier molecular flexibility index (Phi) is 4.65. The summed E-state index contributed by atoms with van der Waals surface area (Å²) in [6.45, 7) is 5.69. The zero-order valence-corrected chi connectivity index (χ0v) is 11.5. The average Bonchev–Trinajstić information content (AvgIpc) is 2.38. The van der Waals surface area contributed by atoms with Crippen LogP contribution in [0.2, 0.25) is 0 Å². The summed E-state index contributed by atoms with van der Waals surface area (Å²) in [7, 11) is 0. The van der Waals surface area contributed by atoms with E-state index in [4.69, 9.17) is 0 Å². The van der Waals surface area contributed by atoms with Crippen molar-refractivity contribution in [1.82, 2.24) is 5.32 Å². The molecule has 0 radical (unpaired) electrons. The van der Waals surface area contributed by atoms with Crippen molar-refractivity contribution in [2.75, 3.05) is 6.54 Å². The van der Waals surface area contributed by atoms with E-state index in [-0.39, 0.29) is 0 Å². The van der Waals surface area contributed by atoms with Gasteiger partial charge in [-0.25, -0.2) is 0 Å². The normalized spacial score (nSPS) is 25.9. The topological polar surface area (TPSA) is 32.3 Å². The van der Waals surface area contributed by atoms with Crippen LogP contribution in [0.15, 0.2) is 24.3 Å². The molecule has 2 N–H and O–H groups in total. The molecule has 0 heterocycles. The lowest BCUT2D eigenvalue weighted by Crippen LogP contribution is -2.31. The number of nitrogens with one attached hydrogen (secondary N) is 1. The van der Waals surface area contributed by atoms with Crippen LogP contribution in [0, 0.1) is 11.8 Å². The molecule has 0 spiro atoms. The average molecular weight is 247 g/mol. The second-order valence-electron chi connectivity index (χ2n) is 5.74. The Labute approximate surface area is 110 Å². The Balaban J connectivity index is 1.83. The van der Waals surface area contributed by atoms with Crippen LogP contribution in [0.4, 0.5) is 0 Å². The van der Waals surface area contributed by atoms with Crippen LogP contribution in [-0.2, 0) is 0 Å². The summed E-state index contributed by atoms with van der Waals surface area (Å²) in [5, 5.41) is 12.9.